The molecular formula is C17H20FN. The summed E-state index contributed by atoms with van der Waals surface area (Å²) in [6, 6.07) is 3.76. The highest BCUT2D eigenvalue weighted by atomic mass is 19.1. The molecule has 0 unspecified atom stereocenters. The van der Waals surface area contributed by atoms with Crippen molar-refractivity contribution in [3.05, 3.63) is 34.6 Å². The van der Waals surface area contributed by atoms with E-state index in [1.54, 1.807) is 6.07 Å². The second-order valence-corrected chi connectivity index (χ2v) is 7.22. The minimum absolute atomic E-state index is 0.0918. The molecule has 1 aromatic rings. The van der Waals surface area contributed by atoms with Crippen LogP contribution < -0.4 is 5.32 Å². The predicted molar refractivity (Wildman–Crippen MR) is 72.7 cm³/mol. The molecule has 2 fully saturated rings. The van der Waals surface area contributed by atoms with Crippen LogP contribution in [0.2, 0.25) is 0 Å². The molecule has 3 aliphatic carbocycles. The van der Waals surface area contributed by atoms with Gasteiger partial charge in [-0.2, -0.15) is 0 Å². The zero-order chi connectivity index (χ0) is 12.7. The molecule has 0 bridgehead atoms. The molecule has 1 aromatic carbocycles. The molecule has 1 atom stereocenters. The quantitative estimate of drug-likeness (QED) is 0.748. The molecule has 0 radical (unpaired) electrons. The van der Waals surface area contributed by atoms with Crippen LogP contribution in [0, 0.1) is 11.2 Å². The first-order chi connectivity index (χ1) is 9.26. The predicted octanol–water partition coefficient (Wildman–Crippen LogP) is 3.62. The van der Waals surface area contributed by atoms with Gasteiger partial charge in [0.1, 0.15) is 5.82 Å². The molecule has 0 saturated heterocycles. The van der Waals surface area contributed by atoms with Gasteiger partial charge in [0.2, 0.25) is 0 Å². The Kier molecular flexibility index (Phi) is 1.84. The summed E-state index contributed by atoms with van der Waals surface area (Å²) in [5.41, 5.74) is 4.70. The second-order valence-electron chi connectivity index (χ2n) is 7.22. The van der Waals surface area contributed by atoms with E-state index in [9.17, 15) is 4.39 Å². The molecule has 1 aliphatic heterocycles. The van der Waals surface area contributed by atoms with Gasteiger partial charge in [0.25, 0.3) is 0 Å². The largest absolute Gasteiger partial charge is 0.313 e. The average molecular weight is 257 g/mol. The molecule has 0 amide bonds. The molecular weight excluding hydrogens is 237 g/mol. The molecule has 19 heavy (non-hydrogen) atoms. The fourth-order valence-corrected chi connectivity index (χ4v) is 5.26. The van der Waals surface area contributed by atoms with Crippen molar-refractivity contribution in [2.45, 2.75) is 56.4 Å². The van der Waals surface area contributed by atoms with Crippen LogP contribution in [0.1, 0.15) is 61.1 Å². The number of rotatable bonds is 0. The van der Waals surface area contributed by atoms with E-state index >= 15 is 0 Å². The number of hydrogen-bond donors (Lipinski definition) is 1. The maximum absolute atomic E-state index is 14.6. The Balaban J connectivity index is 1.81. The smallest absolute Gasteiger partial charge is 0.127 e. The fraction of sp³-hybridized carbons (Fsp3) is 0.647. The SMILES string of the molecule is Fc1ccc2c3c1C1(CC1)C1(CC1)C[C@@H]3CCNC2. The Morgan fingerprint density at radius 3 is 2.74 bits per heavy atom. The summed E-state index contributed by atoms with van der Waals surface area (Å²) in [4.78, 5) is 0. The third kappa shape index (κ3) is 1.20. The van der Waals surface area contributed by atoms with Crippen LogP contribution in [-0.2, 0) is 12.0 Å². The van der Waals surface area contributed by atoms with Crippen molar-refractivity contribution < 1.29 is 4.39 Å². The van der Waals surface area contributed by atoms with Gasteiger partial charge < -0.3 is 5.32 Å². The van der Waals surface area contributed by atoms with Crippen molar-refractivity contribution in [1.82, 2.24) is 5.32 Å². The van der Waals surface area contributed by atoms with E-state index in [4.69, 9.17) is 0 Å². The Bertz CT molecular complexity index is 569. The van der Waals surface area contributed by atoms with Gasteiger partial charge in [-0.3, -0.25) is 0 Å². The van der Waals surface area contributed by atoms with E-state index < -0.39 is 0 Å². The van der Waals surface area contributed by atoms with Gasteiger partial charge in [-0.1, -0.05) is 6.07 Å². The summed E-state index contributed by atoms with van der Waals surface area (Å²) in [6.07, 6.45) is 7.69. The van der Waals surface area contributed by atoms with Gasteiger partial charge in [-0.15, -0.1) is 0 Å². The topological polar surface area (TPSA) is 12.0 Å². The molecule has 2 saturated carbocycles. The first-order valence-corrected chi connectivity index (χ1v) is 7.78. The van der Waals surface area contributed by atoms with Gasteiger partial charge in [0.15, 0.2) is 0 Å². The lowest BCUT2D eigenvalue weighted by atomic mass is 9.64. The number of benzene rings is 1. The molecule has 0 aromatic heterocycles. The molecule has 1 N–H and O–H groups in total. The summed E-state index contributed by atoms with van der Waals surface area (Å²) >= 11 is 0. The van der Waals surface area contributed by atoms with Gasteiger partial charge >= 0.3 is 0 Å². The fourth-order valence-electron chi connectivity index (χ4n) is 5.26. The molecule has 2 heteroatoms. The van der Waals surface area contributed by atoms with Crippen LogP contribution in [0.3, 0.4) is 0 Å². The second kappa shape index (κ2) is 3.22. The van der Waals surface area contributed by atoms with Crippen LogP contribution in [0.5, 0.6) is 0 Å². The standard InChI is InChI=1S/C17H20FN/c18-13-2-1-12-10-19-8-3-11-9-16(4-5-16)17(6-7-17)15(13)14(11)12/h1-2,11,19H,3-10H2/t11-/m0/s1. The van der Waals surface area contributed by atoms with Gasteiger partial charge in [-0.25, -0.2) is 4.39 Å². The zero-order valence-corrected chi connectivity index (χ0v) is 11.3. The Hall–Kier alpha value is -0.890. The monoisotopic (exact) mass is 257 g/mol. The maximum atomic E-state index is 14.6. The number of halogens is 1. The molecule has 2 spiro atoms. The Labute approximate surface area is 113 Å². The van der Waals surface area contributed by atoms with Gasteiger partial charge in [0, 0.05) is 12.0 Å². The summed E-state index contributed by atoms with van der Waals surface area (Å²) in [5, 5.41) is 3.52. The highest BCUT2D eigenvalue weighted by Gasteiger charge is 2.69. The molecule has 5 rings (SSSR count). The van der Waals surface area contributed by atoms with Gasteiger partial charge in [0.05, 0.1) is 0 Å². The number of nitrogens with one attached hydrogen (secondary N) is 1. The average Bonchev–Trinajstić information content (AvgIpc) is 3.25. The summed E-state index contributed by atoms with van der Waals surface area (Å²) in [6.45, 7) is 2.02. The number of hydrogen-bond acceptors (Lipinski definition) is 1. The van der Waals surface area contributed by atoms with Crippen LogP contribution in [0.15, 0.2) is 12.1 Å². The highest BCUT2D eigenvalue weighted by molar-refractivity contribution is 5.52. The summed E-state index contributed by atoms with van der Waals surface area (Å²) in [7, 11) is 0. The number of fused-ring (bicyclic) bond motifs is 2. The Morgan fingerprint density at radius 1 is 1.16 bits per heavy atom. The normalized spacial score (nSPS) is 31.9. The third-order valence-corrected chi connectivity index (χ3v) is 6.41. The molecule has 4 aliphatic rings. The van der Waals surface area contributed by atoms with Crippen molar-refractivity contribution in [1.29, 1.82) is 0 Å². The first-order valence-electron chi connectivity index (χ1n) is 7.78. The van der Waals surface area contributed by atoms with E-state index in [1.165, 1.54) is 49.7 Å². The lowest BCUT2D eigenvalue weighted by Gasteiger charge is -2.40. The van der Waals surface area contributed by atoms with Crippen molar-refractivity contribution in [2.24, 2.45) is 5.41 Å². The maximum Gasteiger partial charge on any atom is 0.127 e. The Morgan fingerprint density at radius 2 is 2.00 bits per heavy atom. The lowest BCUT2D eigenvalue weighted by molar-refractivity contribution is 0.278. The summed E-state index contributed by atoms with van der Waals surface area (Å²) < 4.78 is 14.6. The van der Waals surface area contributed by atoms with Crippen LogP contribution in [0.4, 0.5) is 4.39 Å². The van der Waals surface area contributed by atoms with Crippen molar-refractivity contribution in [3.63, 3.8) is 0 Å². The van der Waals surface area contributed by atoms with Crippen LogP contribution in [0.25, 0.3) is 0 Å². The molecule has 1 heterocycles. The van der Waals surface area contributed by atoms with Crippen molar-refractivity contribution in [2.75, 3.05) is 6.54 Å². The van der Waals surface area contributed by atoms with E-state index in [0.717, 1.165) is 18.7 Å². The third-order valence-electron chi connectivity index (χ3n) is 6.41. The summed E-state index contributed by atoms with van der Waals surface area (Å²) in [5.74, 6) is 0.707. The first kappa shape index (κ1) is 10.8. The minimum atomic E-state index is 0.0918. The lowest BCUT2D eigenvalue weighted by Crippen LogP contribution is -2.33. The van der Waals surface area contributed by atoms with Crippen molar-refractivity contribution in [3.8, 4) is 0 Å². The highest BCUT2D eigenvalue weighted by Crippen LogP contribution is 2.77. The van der Waals surface area contributed by atoms with E-state index in [0.29, 0.717) is 11.3 Å². The molecule has 1 nitrogen and oxygen atoms in total. The molecule has 100 valence electrons. The minimum Gasteiger partial charge on any atom is -0.313 e. The van der Waals surface area contributed by atoms with E-state index in [-0.39, 0.29) is 11.2 Å². The van der Waals surface area contributed by atoms with E-state index in [1.807, 2.05) is 6.07 Å². The van der Waals surface area contributed by atoms with Gasteiger partial charge in [-0.05, 0) is 79.2 Å². The van der Waals surface area contributed by atoms with Crippen LogP contribution in [-0.4, -0.2) is 6.54 Å². The van der Waals surface area contributed by atoms with Crippen molar-refractivity contribution >= 4 is 0 Å². The zero-order valence-electron chi connectivity index (χ0n) is 11.3. The van der Waals surface area contributed by atoms with Crippen LogP contribution >= 0.6 is 0 Å². The van der Waals surface area contributed by atoms with E-state index in [2.05, 4.69) is 5.32 Å².